The second-order valence-corrected chi connectivity index (χ2v) is 5.67. The van der Waals surface area contributed by atoms with Gasteiger partial charge in [-0.05, 0) is 54.5 Å². The van der Waals surface area contributed by atoms with Crippen molar-refractivity contribution in [2.24, 2.45) is 0 Å². The first-order chi connectivity index (χ1) is 9.72. The summed E-state index contributed by atoms with van der Waals surface area (Å²) in [6.45, 7) is 2.96. The van der Waals surface area contributed by atoms with Gasteiger partial charge in [-0.3, -0.25) is 0 Å². The molecule has 0 heterocycles. The summed E-state index contributed by atoms with van der Waals surface area (Å²) >= 11 is 0. The van der Waals surface area contributed by atoms with Crippen molar-refractivity contribution >= 4 is 0 Å². The molecule has 1 fully saturated rings. The summed E-state index contributed by atoms with van der Waals surface area (Å²) in [4.78, 5) is 0. The molecule has 0 spiro atoms. The Kier molecular flexibility index (Phi) is 3.83. The molecule has 0 saturated heterocycles. The van der Waals surface area contributed by atoms with Gasteiger partial charge in [0.2, 0.25) is 0 Å². The number of nitrogens with one attached hydrogen (secondary N) is 1. The molecule has 20 heavy (non-hydrogen) atoms. The van der Waals surface area contributed by atoms with Gasteiger partial charge in [0.25, 0.3) is 0 Å². The van der Waals surface area contributed by atoms with Crippen LogP contribution in [-0.2, 0) is 6.54 Å². The van der Waals surface area contributed by atoms with E-state index in [0.29, 0.717) is 0 Å². The first kappa shape index (κ1) is 13.3. The molecule has 0 amide bonds. The van der Waals surface area contributed by atoms with Crippen LogP contribution in [0.1, 0.15) is 48.4 Å². The van der Waals surface area contributed by atoms with Gasteiger partial charge in [-0.1, -0.05) is 36.4 Å². The van der Waals surface area contributed by atoms with Crippen LogP contribution in [0.15, 0.2) is 48.5 Å². The molecule has 2 aromatic carbocycles. The Labute approximate surface area is 119 Å². The zero-order valence-corrected chi connectivity index (χ0v) is 11.8. The van der Waals surface area contributed by atoms with Crippen LogP contribution in [0.5, 0.6) is 0 Å². The molecular formula is C18H20FN. The summed E-state index contributed by atoms with van der Waals surface area (Å²) in [5, 5.41) is 3.50. The third kappa shape index (κ3) is 3.26. The number of hydrogen-bond acceptors (Lipinski definition) is 1. The van der Waals surface area contributed by atoms with E-state index in [2.05, 4.69) is 36.5 Å². The SMILES string of the molecule is C[C@@H](NCc1cccc(C2CC2)c1)c1ccc(F)cc1. The Morgan fingerprint density at radius 2 is 1.90 bits per heavy atom. The van der Waals surface area contributed by atoms with Crippen molar-refractivity contribution in [3.8, 4) is 0 Å². The molecular weight excluding hydrogens is 249 g/mol. The Morgan fingerprint density at radius 1 is 1.15 bits per heavy atom. The number of benzene rings is 2. The largest absolute Gasteiger partial charge is 0.306 e. The van der Waals surface area contributed by atoms with E-state index in [1.807, 2.05) is 12.1 Å². The molecule has 0 bridgehead atoms. The first-order valence-electron chi connectivity index (χ1n) is 7.30. The highest BCUT2D eigenvalue weighted by atomic mass is 19.1. The fourth-order valence-electron chi connectivity index (χ4n) is 2.51. The lowest BCUT2D eigenvalue weighted by Gasteiger charge is -2.14. The third-order valence-corrected chi connectivity index (χ3v) is 3.98. The van der Waals surface area contributed by atoms with Gasteiger partial charge in [0.15, 0.2) is 0 Å². The Hall–Kier alpha value is -1.67. The predicted molar refractivity (Wildman–Crippen MR) is 80.1 cm³/mol. The average molecular weight is 269 g/mol. The normalized spacial score (nSPS) is 16.1. The second kappa shape index (κ2) is 5.76. The lowest BCUT2D eigenvalue weighted by molar-refractivity contribution is 0.571. The third-order valence-electron chi connectivity index (χ3n) is 3.98. The molecule has 1 saturated carbocycles. The predicted octanol–water partition coefficient (Wildman–Crippen LogP) is 4.55. The van der Waals surface area contributed by atoms with Gasteiger partial charge in [-0.2, -0.15) is 0 Å². The highest BCUT2D eigenvalue weighted by Crippen LogP contribution is 2.40. The van der Waals surface area contributed by atoms with Crippen LogP contribution in [0.25, 0.3) is 0 Å². The van der Waals surface area contributed by atoms with Crippen LogP contribution >= 0.6 is 0 Å². The first-order valence-corrected chi connectivity index (χ1v) is 7.30. The van der Waals surface area contributed by atoms with E-state index in [4.69, 9.17) is 0 Å². The molecule has 1 aliphatic rings. The van der Waals surface area contributed by atoms with Crippen LogP contribution in [-0.4, -0.2) is 0 Å². The summed E-state index contributed by atoms with van der Waals surface area (Å²) in [7, 11) is 0. The molecule has 1 N–H and O–H groups in total. The van der Waals surface area contributed by atoms with Gasteiger partial charge >= 0.3 is 0 Å². The maximum Gasteiger partial charge on any atom is 0.123 e. The minimum absolute atomic E-state index is 0.182. The number of halogens is 1. The summed E-state index contributed by atoms with van der Waals surface area (Å²) < 4.78 is 12.9. The lowest BCUT2D eigenvalue weighted by atomic mass is 10.1. The minimum Gasteiger partial charge on any atom is -0.306 e. The summed E-state index contributed by atoms with van der Waals surface area (Å²) in [5.41, 5.74) is 3.91. The van der Waals surface area contributed by atoms with E-state index in [9.17, 15) is 4.39 Å². The molecule has 0 unspecified atom stereocenters. The number of rotatable bonds is 5. The molecule has 1 nitrogen and oxygen atoms in total. The maximum absolute atomic E-state index is 12.9. The fraction of sp³-hybridized carbons (Fsp3) is 0.333. The van der Waals surface area contributed by atoms with E-state index in [1.54, 1.807) is 0 Å². The van der Waals surface area contributed by atoms with Gasteiger partial charge in [0, 0.05) is 12.6 Å². The molecule has 3 rings (SSSR count). The standard InChI is InChI=1S/C18H20FN/c1-13(15-7-9-18(19)10-8-15)20-12-14-3-2-4-17(11-14)16-5-6-16/h2-4,7-11,13,16,20H,5-6,12H2,1H3/t13-/m1/s1. The van der Waals surface area contributed by atoms with Crippen molar-refractivity contribution in [1.29, 1.82) is 0 Å². The van der Waals surface area contributed by atoms with E-state index >= 15 is 0 Å². The quantitative estimate of drug-likeness (QED) is 0.839. The zero-order chi connectivity index (χ0) is 13.9. The Morgan fingerprint density at radius 3 is 2.60 bits per heavy atom. The van der Waals surface area contributed by atoms with Crippen molar-refractivity contribution < 1.29 is 4.39 Å². The highest BCUT2D eigenvalue weighted by Gasteiger charge is 2.23. The molecule has 0 aromatic heterocycles. The van der Waals surface area contributed by atoms with Crippen LogP contribution in [0.2, 0.25) is 0 Å². The van der Waals surface area contributed by atoms with Crippen molar-refractivity contribution in [1.82, 2.24) is 5.32 Å². The Balaban J connectivity index is 1.61. The van der Waals surface area contributed by atoms with Gasteiger partial charge in [-0.25, -0.2) is 4.39 Å². The Bertz CT molecular complexity index is 572. The van der Waals surface area contributed by atoms with Gasteiger partial charge in [-0.15, -0.1) is 0 Å². The number of hydrogen-bond donors (Lipinski definition) is 1. The van der Waals surface area contributed by atoms with Crippen LogP contribution in [0.3, 0.4) is 0 Å². The van der Waals surface area contributed by atoms with Gasteiger partial charge in [0.05, 0.1) is 0 Å². The summed E-state index contributed by atoms with van der Waals surface area (Å²) in [6, 6.07) is 15.8. The summed E-state index contributed by atoms with van der Waals surface area (Å²) in [6.07, 6.45) is 2.67. The monoisotopic (exact) mass is 269 g/mol. The smallest absolute Gasteiger partial charge is 0.123 e. The topological polar surface area (TPSA) is 12.0 Å². The van der Waals surface area contributed by atoms with Crippen molar-refractivity contribution in [3.05, 3.63) is 71.0 Å². The molecule has 0 aliphatic heterocycles. The van der Waals surface area contributed by atoms with Crippen LogP contribution in [0.4, 0.5) is 4.39 Å². The second-order valence-electron chi connectivity index (χ2n) is 5.67. The molecule has 1 atom stereocenters. The highest BCUT2D eigenvalue weighted by molar-refractivity contribution is 5.29. The van der Waals surface area contributed by atoms with Crippen LogP contribution in [0, 0.1) is 5.82 Å². The van der Waals surface area contributed by atoms with Crippen molar-refractivity contribution in [2.45, 2.75) is 38.3 Å². The average Bonchev–Trinajstić information content (AvgIpc) is 3.30. The molecule has 2 heteroatoms. The van der Waals surface area contributed by atoms with E-state index in [0.717, 1.165) is 18.0 Å². The van der Waals surface area contributed by atoms with Gasteiger partial charge < -0.3 is 5.32 Å². The van der Waals surface area contributed by atoms with E-state index in [-0.39, 0.29) is 11.9 Å². The lowest BCUT2D eigenvalue weighted by Crippen LogP contribution is -2.18. The summed E-state index contributed by atoms with van der Waals surface area (Å²) in [5.74, 6) is 0.613. The molecule has 0 radical (unpaired) electrons. The molecule has 2 aromatic rings. The van der Waals surface area contributed by atoms with E-state index in [1.165, 1.54) is 36.1 Å². The zero-order valence-electron chi connectivity index (χ0n) is 11.8. The van der Waals surface area contributed by atoms with Gasteiger partial charge in [0.1, 0.15) is 5.82 Å². The fourth-order valence-corrected chi connectivity index (χ4v) is 2.51. The van der Waals surface area contributed by atoms with Crippen molar-refractivity contribution in [2.75, 3.05) is 0 Å². The molecule has 104 valence electrons. The maximum atomic E-state index is 12.9. The van der Waals surface area contributed by atoms with E-state index < -0.39 is 0 Å². The van der Waals surface area contributed by atoms with Crippen LogP contribution < -0.4 is 5.32 Å². The van der Waals surface area contributed by atoms with Crippen molar-refractivity contribution in [3.63, 3.8) is 0 Å². The molecule has 1 aliphatic carbocycles. The minimum atomic E-state index is -0.182.